The highest BCUT2D eigenvalue weighted by Gasteiger charge is 2.23. The summed E-state index contributed by atoms with van der Waals surface area (Å²) in [6, 6.07) is 8.28. The second-order valence-corrected chi connectivity index (χ2v) is 5.85. The Hall–Kier alpha value is -1.35. The molecule has 0 saturated heterocycles. The Bertz CT molecular complexity index is 444. The minimum atomic E-state index is 0.0930. The summed E-state index contributed by atoms with van der Waals surface area (Å²) in [5.41, 5.74) is 1.96. The molecule has 1 aromatic rings. The highest BCUT2D eigenvalue weighted by atomic mass is 16.1. The van der Waals surface area contributed by atoms with Crippen LogP contribution in [0.25, 0.3) is 0 Å². The van der Waals surface area contributed by atoms with Crippen molar-refractivity contribution in [1.29, 1.82) is 0 Å². The topological polar surface area (TPSA) is 41.1 Å². The Kier molecular flexibility index (Phi) is 5.60. The molecule has 1 amide bonds. The molecule has 0 aliphatic heterocycles. The predicted molar refractivity (Wildman–Crippen MR) is 83.0 cm³/mol. The smallest absolute Gasteiger partial charge is 0.251 e. The minimum Gasteiger partial charge on any atom is -0.349 e. The predicted octanol–water partition coefficient (Wildman–Crippen LogP) is 2.76. The Morgan fingerprint density at radius 3 is 2.75 bits per heavy atom. The molecule has 0 radical (unpaired) electrons. The highest BCUT2D eigenvalue weighted by Crippen LogP contribution is 2.24. The van der Waals surface area contributed by atoms with E-state index in [0.29, 0.717) is 12.0 Å². The number of carbonyl (C=O) groups excluding carboxylic acids is 1. The van der Waals surface area contributed by atoms with Crippen LogP contribution in [0.4, 0.5) is 0 Å². The number of amides is 1. The third-order valence-electron chi connectivity index (χ3n) is 4.33. The van der Waals surface area contributed by atoms with Gasteiger partial charge in [0.2, 0.25) is 0 Å². The summed E-state index contributed by atoms with van der Waals surface area (Å²) in [6.07, 6.45) is 5.77. The van der Waals surface area contributed by atoms with Crippen LogP contribution >= 0.6 is 0 Å². The van der Waals surface area contributed by atoms with E-state index in [4.69, 9.17) is 0 Å². The van der Waals surface area contributed by atoms with Crippen molar-refractivity contribution < 1.29 is 4.79 Å². The summed E-state index contributed by atoms with van der Waals surface area (Å²) in [4.78, 5) is 12.5. The normalized spacial score (nSPS) is 22.5. The minimum absolute atomic E-state index is 0.0930. The maximum atomic E-state index is 12.5. The number of hydrogen-bond acceptors (Lipinski definition) is 2. The fraction of sp³-hybridized carbons (Fsp3) is 0.588. The molecule has 0 aromatic heterocycles. The van der Waals surface area contributed by atoms with Crippen molar-refractivity contribution >= 4 is 5.91 Å². The first kappa shape index (κ1) is 15.0. The van der Waals surface area contributed by atoms with Crippen molar-refractivity contribution in [2.45, 2.75) is 45.1 Å². The van der Waals surface area contributed by atoms with Crippen molar-refractivity contribution in [2.75, 3.05) is 13.6 Å². The molecule has 1 saturated carbocycles. The molecule has 20 heavy (non-hydrogen) atoms. The van der Waals surface area contributed by atoms with Crippen LogP contribution < -0.4 is 10.6 Å². The van der Waals surface area contributed by atoms with Crippen molar-refractivity contribution in [2.24, 2.45) is 5.92 Å². The lowest BCUT2D eigenvalue weighted by Gasteiger charge is -2.29. The van der Waals surface area contributed by atoms with Crippen LogP contribution in [-0.2, 0) is 6.42 Å². The largest absolute Gasteiger partial charge is 0.349 e. The van der Waals surface area contributed by atoms with Gasteiger partial charge in [-0.25, -0.2) is 0 Å². The fourth-order valence-electron chi connectivity index (χ4n) is 3.00. The Morgan fingerprint density at radius 1 is 1.25 bits per heavy atom. The van der Waals surface area contributed by atoms with Crippen molar-refractivity contribution in [3.05, 3.63) is 35.4 Å². The van der Waals surface area contributed by atoms with Gasteiger partial charge in [-0.05, 0) is 50.4 Å². The van der Waals surface area contributed by atoms with Crippen molar-refractivity contribution in [3.8, 4) is 0 Å². The molecule has 2 atom stereocenters. The first-order valence-electron chi connectivity index (χ1n) is 7.75. The molecule has 1 aromatic carbocycles. The molecule has 1 fully saturated rings. The van der Waals surface area contributed by atoms with Crippen LogP contribution in [0, 0.1) is 5.92 Å². The molecule has 1 aliphatic carbocycles. The van der Waals surface area contributed by atoms with E-state index in [0.717, 1.165) is 30.5 Å². The van der Waals surface area contributed by atoms with Crippen LogP contribution in [0.5, 0.6) is 0 Å². The molecule has 0 heterocycles. The summed E-state index contributed by atoms with van der Waals surface area (Å²) < 4.78 is 0. The van der Waals surface area contributed by atoms with Gasteiger partial charge in [-0.2, -0.15) is 0 Å². The first-order chi connectivity index (χ1) is 9.72. The van der Waals surface area contributed by atoms with Gasteiger partial charge in [-0.1, -0.05) is 38.0 Å². The third-order valence-corrected chi connectivity index (χ3v) is 4.33. The number of carbonyl (C=O) groups is 1. The number of nitrogens with one attached hydrogen (secondary N) is 2. The third kappa shape index (κ3) is 3.83. The molecule has 0 bridgehead atoms. The van der Waals surface area contributed by atoms with E-state index in [-0.39, 0.29) is 5.91 Å². The van der Waals surface area contributed by atoms with E-state index in [2.05, 4.69) is 23.6 Å². The van der Waals surface area contributed by atoms with Crippen LogP contribution in [0.3, 0.4) is 0 Å². The molecule has 2 N–H and O–H groups in total. The van der Waals surface area contributed by atoms with Crippen LogP contribution in [-0.4, -0.2) is 25.5 Å². The monoisotopic (exact) mass is 274 g/mol. The van der Waals surface area contributed by atoms with Crippen LogP contribution in [0.15, 0.2) is 24.3 Å². The zero-order valence-electron chi connectivity index (χ0n) is 12.6. The average Bonchev–Trinajstić information content (AvgIpc) is 2.47. The van der Waals surface area contributed by atoms with Crippen LogP contribution in [0.2, 0.25) is 0 Å². The van der Waals surface area contributed by atoms with Gasteiger partial charge in [0, 0.05) is 11.6 Å². The average molecular weight is 274 g/mol. The summed E-state index contributed by atoms with van der Waals surface area (Å²) in [5, 5.41) is 6.38. The number of likely N-dealkylation sites (N-methyl/N-ethyl adjacent to an activating group) is 1. The van der Waals surface area contributed by atoms with Gasteiger partial charge in [0.05, 0.1) is 0 Å². The van der Waals surface area contributed by atoms with Gasteiger partial charge >= 0.3 is 0 Å². The van der Waals surface area contributed by atoms with Gasteiger partial charge in [-0.15, -0.1) is 0 Å². The van der Waals surface area contributed by atoms with Crippen molar-refractivity contribution in [3.63, 3.8) is 0 Å². The van der Waals surface area contributed by atoms with E-state index in [1.165, 1.54) is 19.3 Å². The standard InChI is InChI=1S/C17H26N2O/c1-13-7-3-6-10-16(13)19-17(20)15-9-5-4-8-14(15)11-12-18-2/h4-5,8-9,13,16,18H,3,6-7,10-12H2,1-2H3,(H,19,20). The lowest BCUT2D eigenvalue weighted by Crippen LogP contribution is -2.41. The fourth-order valence-corrected chi connectivity index (χ4v) is 3.00. The maximum Gasteiger partial charge on any atom is 0.251 e. The number of benzene rings is 1. The van der Waals surface area contributed by atoms with Gasteiger partial charge in [-0.3, -0.25) is 4.79 Å². The molecular formula is C17H26N2O. The van der Waals surface area contributed by atoms with E-state index in [1.54, 1.807) is 0 Å². The van der Waals surface area contributed by atoms with Gasteiger partial charge in [0.25, 0.3) is 5.91 Å². The molecule has 3 nitrogen and oxygen atoms in total. The zero-order valence-corrected chi connectivity index (χ0v) is 12.6. The van der Waals surface area contributed by atoms with E-state index in [9.17, 15) is 4.79 Å². The lowest BCUT2D eigenvalue weighted by molar-refractivity contribution is 0.0909. The molecular weight excluding hydrogens is 248 g/mol. The molecule has 0 spiro atoms. The van der Waals surface area contributed by atoms with Crippen LogP contribution in [0.1, 0.15) is 48.5 Å². The molecule has 2 rings (SSSR count). The second kappa shape index (κ2) is 7.44. The Balaban J connectivity index is 2.04. The Morgan fingerprint density at radius 2 is 2.00 bits per heavy atom. The van der Waals surface area contributed by atoms with Crippen molar-refractivity contribution in [1.82, 2.24) is 10.6 Å². The first-order valence-corrected chi connectivity index (χ1v) is 7.75. The van der Waals surface area contributed by atoms with Gasteiger partial charge in [0.15, 0.2) is 0 Å². The molecule has 1 aliphatic rings. The maximum absolute atomic E-state index is 12.5. The zero-order chi connectivity index (χ0) is 14.4. The molecule has 3 heteroatoms. The quantitative estimate of drug-likeness (QED) is 0.867. The van der Waals surface area contributed by atoms with Gasteiger partial charge in [0.1, 0.15) is 0 Å². The summed E-state index contributed by atoms with van der Waals surface area (Å²) >= 11 is 0. The summed E-state index contributed by atoms with van der Waals surface area (Å²) in [5.74, 6) is 0.688. The van der Waals surface area contributed by atoms with E-state index in [1.807, 2.05) is 25.2 Å². The van der Waals surface area contributed by atoms with Gasteiger partial charge < -0.3 is 10.6 Å². The SMILES string of the molecule is CNCCc1ccccc1C(=O)NC1CCCCC1C. The number of rotatable bonds is 5. The molecule has 110 valence electrons. The number of hydrogen-bond donors (Lipinski definition) is 2. The lowest BCUT2D eigenvalue weighted by atomic mass is 9.85. The Labute approximate surface area is 122 Å². The second-order valence-electron chi connectivity index (χ2n) is 5.85. The highest BCUT2D eigenvalue weighted by molar-refractivity contribution is 5.95. The van der Waals surface area contributed by atoms with E-state index < -0.39 is 0 Å². The molecule has 2 unspecified atom stereocenters. The summed E-state index contributed by atoms with van der Waals surface area (Å²) in [7, 11) is 1.94. The summed E-state index contributed by atoms with van der Waals surface area (Å²) in [6.45, 7) is 3.14. The van der Waals surface area contributed by atoms with E-state index >= 15 is 0 Å².